The van der Waals surface area contributed by atoms with Crippen LogP contribution in [0.2, 0.25) is 0 Å². The molecule has 2 fully saturated rings. The van der Waals surface area contributed by atoms with Crippen molar-refractivity contribution in [3.05, 3.63) is 63.6 Å². The highest BCUT2D eigenvalue weighted by molar-refractivity contribution is 5.89. The molecule has 1 unspecified atom stereocenters. The number of fused-ring (bicyclic) bond motifs is 1. The third kappa shape index (κ3) is 3.37. The second-order valence-electron chi connectivity index (χ2n) is 8.85. The molecule has 6 nitrogen and oxygen atoms in total. The Kier molecular flexibility index (Phi) is 5.19. The Bertz CT molecular complexity index is 979. The summed E-state index contributed by atoms with van der Waals surface area (Å²) < 4.78 is 7.21. The summed E-state index contributed by atoms with van der Waals surface area (Å²) in [6.45, 7) is 2.44. The average molecular weight is 408 g/mol. The van der Waals surface area contributed by atoms with Gasteiger partial charge in [-0.15, -0.1) is 0 Å². The number of carbonyl (C=O) groups excluding carboxylic acids is 1. The molecule has 2 saturated heterocycles. The first-order chi connectivity index (χ1) is 14.7. The molecule has 0 saturated carbocycles. The molecular weight excluding hydrogens is 378 g/mol. The van der Waals surface area contributed by atoms with Gasteiger partial charge in [0.25, 0.3) is 5.56 Å². The van der Waals surface area contributed by atoms with Gasteiger partial charge in [0.2, 0.25) is 5.91 Å². The maximum absolute atomic E-state index is 14.0. The van der Waals surface area contributed by atoms with Crippen molar-refractivity contribution in [1.82, 2.24) is 14.7 Å². The molecule has 3 heterocycles. The third-order valence-corrected chi connectivity index (χ3v) is 7.13. The molecule has 5 rings (SSSR count). The first kappa shape index (κ1) is 19.5. The third-order valence-electron chi connectivity index (χ3n) is 7.13. The zero-order valence-corrected chi connectivity index (χ0v) is 17.4. The van der Waals surface area contributed by atoms with Gasteiger partial charge in [-0.25, -0.2) is 4.68 Å². The van der Waals surface area contributed by atoms with Gasteiger partial charge in [-0.05, 0) is 56.1 Å². The molecular formula is C24H29N3O3. The molecule has 1 aromatic heterocycles. The number of hydrogen-bond donors (Lipinski definition) is 0. The number of ether oxygens (including phenoxy) is 1. The van der Waals surface area contributed by atoms with Gasteiger partial charge in [0.1, 0.15) is 0 Å². The topological polar surface area (TPSA) is 64.4 Å². The van der Waals surface area contributed by atoms with Crippen LogP contribution in [0.4, 0.5) is 0 Å². The second kappa shape index (κ2) is 7.99. The highest BCUT2D eigenvalue weighted by Crippen LogP contribution is 2.38. The zero-order chi connectivity index (χ0) is 20.6. The number of aryl methyl sites for hydroxylation is 2. The number of carbonyl (C=O) groups is 1. The highest BCUT2D eigenvalue weighted by Gasteiger charge is 2.46. The smallest absolute Gasteiger partial charge is 0.267 e. The van der Waals surface area contributed by atoms with E-state index in [1.54, 1.807) is 10.7 Å². The van der Waals surface area contributed by atoms with Crippen molar-refractivity contribution in [2.75, 3.05) is 19.8 Å². The van der Waals surface area contributed by atoms with Crippen LogP contribution in [-0.2, 0) is 34.3 Å². The molecule has 2 aromatic rings. The lowest BCUT2D eigenvalue weighted by Gasteiger charge is -2.40. The highest BCUT2D eigenvalue weighted by atomic mass is 16.5. The van der Waals surface area contributed by atoms with Crippen LogP contribution in [0.1, 0.15) is 48.9 Å². The summed E-state index contributed by atoms with van der Waals surface area (Å²) in [5, 5.41) is 4.64. The average Bonchev–Trinajstić information content (AvgIpc) is 3.44. The van der Waals surface area contributed by atoms with Crippen LogP contribution >= 0.6 is 0 Å². The molecule has 1 aliphatic carbocycles. The summed E-state index contributed by atoms with van der Waals surface area (Å²) in [6, 6.07) is 11.9. The summed E-state index contributed by atoms with van der Waals surface area (Å²) in [7, 11) is 0. The summed E-state index contributed by atoms with van der Waals surface area (Å²) >= 11 is 0. The van der Waals surface area contributed by atoms with Gasteiger partial charge >= 0.3 is 0 Å². The quantitative estimate of drug-likeness (QED) is 0.781. The number of likely N-dealkylation sites (tertiary alicyclic amines) is 1. The normalized spacial score (nSPS) is 22.8. The van der Waals surface area contributed by atoms with Crippen molar-refractivity contribution in [3.63, 3.8) is 0 Å². The lowest BCUT2D eigenvalue weighted by Crippen LogP contribution is -2.52. The first-order valence-electron chi connectivity index (χ1n) is 11.2. The second-order valence-corrected chi connectivity index (χ2v) is 8.85. The van der Waals surface area contributed by atoms with Crippen LogP contribution in [0, 0.1) is 0 Å². The van der Waals surface area contributed by atoms with Crippen LogP contribution in [0.15, 0.2) is 41.2 Å². The zero-order valence-electron chi connectivity index (χ0n) is 17.4. The Morgan fingerprint density at radius 1 is 1.13 bits per heavy atom. The fourth-order valence-electron chi connectivity index (χ4n) is 5.44. The van der Waals surface area contributed by atoms with E-state index in [1.165, 1.54) is 0 Å². The maximum atomic E-state index is 14.0. The minimum absolute atomic E-state index is 0.0191. The SMILES string of the molecule is O=C(N1CCCC1Cn1nc2c(cc1=O)CCC2)C1(c2ccccc2)CCOCC1. The van der Waals surface area contributed by atoms with Crippen molar-refractivity contribution in [1.29, 1.82) is 0 Å². The summed E-state index contributed by atoms with van der Waals surface area (Å²) in [4.78, 5) is 28.6. The molecule has 3 aliphatic rings. The number of rotatable bonds is 4. The largest absolute Gasteiger partial charge is 0.381 e. The van der Waals surface area contributed by atoms with Gasteiger partial charge in [-0.1, -0.05) is 30.3 Å². The van der Waals surface area contributed by atoms with E-state index in [2.05, 4.69) is 17.2 Å². The van der Waals surface area contributed by atoms with Crippen LogP contribution < -0.4 is 5.56 Å². The molecule has 6 heteroatoms. The van der Waals surface area contributed by atoms with Crippen molar-refractivity contribution in [2.45, 2.75) is 62.9 Å². The van der Waals surface area contributed by atoms with Gasteiger partial charge in [0.05, 0.1) is 23.7 Å². The molecule has 2 aliphatic heterocycles. The van der Waals surface area contributed by atoms with Crippen molar-refractivity contribution in [3.8, 4) is 0 Å². The van der Waals surface area contributed by atoms with E-state index in [0.29, 0.717) is 32.6 Å². The molecule has 0 spiro atoms. The summed E-state index contributed by atoms with van der Waals surface area (Å²) in [6.07, 6.45) is 6.26. The van der Waals surface area contributed by atoms with Crippen molar-refractivity contribution in [2.24, 2.45) is 0 Å². The van der Waals surface area contributed by atoms with Gasteiger partial charge < -0.3 is 9.64 Å². The van der Waals surface area contributed by atoms with E-state index in [9.17, 15) is 9.59 Å². The standard InChI is InChI=1S/C24H29N3O3/c28-22-16-18-6-4-10-21(18)25-27(22)17-20-9-5-13-26(20)23(29)24(11-14-30-15-12-24)19-7-2-1-3-8-19/h1-3,7-8,16,20H,4-6,9-15,17H2. The molecule has 0 radical (unpaired) electrons. The molecule has 0 bridgehead atoms. The lowest BCUT2D eigenvalue weighted by molar-refractivity contribution is -0.142. The van der Waals surface area contributed by atoms with E-state index in [-0.39, 0.29) is 17.5 Å². The molecule has 1 atom stereocenters. The monoisotopic (exact) mass is 407 g/mol. The summed E-state index contributed by atoms with van der Waals surface area (Å²) in [5.74, 6) is 0.189. The van der Waals surface area contributed by atoms with Gasteiger partial charge in [-0.3, -0.25) is 9.59 Å². The van der Waals surface area contributed by atoms with Gasteiger partial charge in [0, 0.05) is 25.8 Å². The number of benzene rings is 1. The Hall–Kier alpha value is -2.47. The van der Waals surface area contributed by atoms with E-state index < -0.39 is 5.41 Å². The first-order valence-corrected chi connectivity index (χ1v) is 11.2. The van der Waals surface area contributed by atoms with Crippen molar-refractivity contribution < 1.29 is 9.53 Å². The van der Waals surface area contributed by atoms with Gasteiger partial charge in [-0.2, -0.15) is 5.10 Å². The van der Waals surface area contributed by atoms with Crippen LogP contribution in [0.3, 0.4) is 0 Å². The minimum atomic E-state index is -0.529. The Labute approximate surface area is 176 Å². The van der Waals surface area contributed by atoms with E-state index in [4.69, 9.17) is 4.74 Å². The van der Waals surface area contributed by atoms with Crippen LogP contribution in [0.5, 0.6) is 0 Å². The maximum Gasteiger partial charge on any atom is 0.267 e. The fourth-order valence-corrected chi connectivity index (χ4v) is 5.44. The van der Waals surface area contributed by atoms with E-state index in [1.807, 2.05) is 23.1 Å². The number of amides is 1. The molecule has 1 amide bonds. The molecule has 1 aromatic carbocycles. The molecule has 158 valence electrons. The van der Waals surface area contributed by atoms with E-state index in [0.717, 1.165) is 55.5 Å². The predicted molar refractivity (Wildman–Crippen MR) is 113 cm³/mol. The van der Waals surface area contributed by atoms with E-state index >= 15 is 0 Å². The Morgan fingerprint density at radius 2 is 1.93 bits per heavy atom. The number of hydrogen-bond acceptors (Lipinski definition) is 4. The lowest BCUT2D eigenvalue weighted by atomic mass is 9.73. The van der Waals surface area contributed by atoms with Crippen molar-refractivity contribution >= 4 is 5.91 Å². The fraction of sp³-hybridized carbons (Fsp3) is 0.542. The Balaban J connectivity index is 1.43. The van der Waals surface area contributed by atoms with Crippen LogP contribution in [-0.4, -0.2) is 46.4 Å². The predicted octanol–water partition coefficient (Wildman–Crippen LogP) is 2.47. The van der Waals surface area contributed by atoms with Gasteiger partial charge in [0.15, 0.2) is 0 Å². The molecule has 0 N–H and O–H groups in total. The number of aromatic nitrogens is 2. The number of nitrogens with zero attached hydrogens (tertiary/aromatic N) is 3. The summed E-state index contributed by atoms with van der Waals surface area (Å²) in [5.41, 5.74) is 2.66. The van der Waals surface area contributed by atoms with Crippen LogP contribution in [0.25, 0.3) is 0 Å². The Morgan fingerprint density at radius 3 is 2.73 bits per heavy atom. The molecule has 30 heavy (non-hydrogen) atoms. The minimum Gasteiger partial charge on any atom is -0.381 e.